The monoisotopic (exact) mass is 333 g/mol. The van der Waals surface area contributed by atoms with Gasteiger partial charge in [0.1, 0.15) is 5.69 Å². The number of aromatic nitrogens is 1. The van der Waals surface area contributed by atoms with Crippen LogP contribution in [0.4, 0.5) is 0 Å². The smallest absolute Gasteiger partial charge is 0.312 e. The van der Waals surface area contributed by atoms with E-state index in [1.165, 1.54) is 23.1 Å². The zero-order valence-corrected chi connectivity index (χ0v) is 13.5. The van der Waals surface area contributed by atoms with E-state index in [4.69, 9.17) is 0 Å². The number of hydrogen-bond donors (Lipinski definition) is 1. The minimum absolute atomic E-state index is 0.0288. The number of fused-ring (bicyclic) bond motifs is 1. The van der Waals surface area contributed by atoms with E-state index in [0.29, 0.717) is 29.3 Å². The van der Waals surface area contributed by atoms with E-state index in [1.807, 2.05) is 22.1 Å². The predicted molar refractivity (Wildman–Crippen MR) is 88.1 cm³/mol. The van der Waals surface area contributed by atoms with Crippen LogP contribution in [0.2, 0.25) is 0 Å². The molecule has 0 aliphatic carbocycles. The maximum atomic E-state index is 12.8. The molecule has 22 heavy (non-hydrogen) atoms. The van der Waals surface area contributed by atoms with Crippen LogP contribution in [0.15, 0.2) is 41.1 Å². The van der Waals surface area contributed by atoms with E-state index < -0.39 is 11.9 Å². The second-order valence-electron chi connectivity index (χ2n) is 5.02. The van der Waals surface area contributed by atoms with Gasteiger partial charge in [0.25, 0.3) is 0 Å². The minimum Gasteiger partial charge on any atom is -0.481 e. The van der Waals surface area contributed by atoms with Gasteiger partial charge in [-0.3, -0.25) is 9.59 Å². The zero-order chi connectivity index (χ0) is 15.7. The average molecular weight is 333 g/mol. The SMILES string of the molecule is C=CCSc1cc2n(c1C(=O)c1cccs1)CCC2C(=O)O. The molecule has 1 aliphatic heterocycles. The fourth-order valence-corrected chi connectivity index (χ4v) is 4.25. The summed E-state index contributed by atoms with van der Waals surface area (Å²) in [5.74, 6) is -0.690. The zero-order valence-electron chi connectivity index (χ0n) is 11.8. The molecule has 0 bridgehead atoms. The van der Waals surface area contributed by atoms with Gasteiger partial charge in [-0.05, 0) is 23.9 Å². The lowest BCUT2D eigenvalue weighted by atomic mass is 10.1. The van der Waals surface area contributed by atoms with Crippen LogP contribution in [0.3, 0.4) is 0 Å². The number of thiophene rings is 1. The Hall–Kier alpha value is -1.79. The highest BCUT2D eigenvalue weighted by Crippen LogP contribution is 2.38. The lowest BCUT2D eigenvalue weighted by Gasteiger charge is -2.06. The van der Waals surface area contributed by atoms with Gasteiger partial charge >= 0.3 is 5.97 Å². The molecule has 2 aromatic heterocycles. The van der Waals surface area contributed by atoms with Gasteiger partial charge in [-0.15, -0.1) is 29.7 Å². The Labute approximate surface area is 136 Å². The number of carbonyl (C=O) groups excluding carboxylic acids is 1. The van der Waals surface area contributed by atoms with E-state index in [2.05, 4.69) is 6.58 Å². The highest BCUT2D eigenvalue weighted by atomic mass is 32.2. The second-order valence-corrected chi connectivity index (χ2v) is 7.03. The Balaban J connectivity index is 2.07. The molecule has 1 unspecified atom stereocenters. The van der Waals surface area contributed by atoms with E-state index in [1.54, 1.807) is 12.1 Å². The van der Waals surface area contributed by atoms with Crippen molar-refractivity contribution in [2.24, 2.45) is 0 Å². The summed E-state index contributed by atoms with van der Waals surface area (Å²) in [6, 6.07) is 5.52. The quantitative estimate of drug-likeness (QED) is 0.498. The first-order chi connectivity index (χ1) is 10.6. The van der Waals surface area contributed by atoms with Crippen molar-refractivity contribution >= 4 is 34.9 Å². The summed E-state index contributed by atoms with van der Waals surface area (Å²) in [4.78, 5) is 25.7. The molecule has 3 heterocycles. The third-order valence-electron chi connectivity index (χ3n) is 3.71. The van der Waals surface area contributed by atoms with Gasteiger partial charge < -0.3 is 9.67 Å². The Morgan fingerprint density at radius 1 is 1.55 bits per heavy atom. The molecule has 4 nitrogen and oxygen atoms in total. The predicted octanol–water partition coefficient (Wildman–Crippen LogP) is 3.63. The first-order valence-corrected chi connectivity index (χ1v) is 8.78. The van der Waals surface area contributed by atoms with Crippen molar-refractivity contribution in [3.05, 3.63) is 52.5 Å². The topological polar surface area (TPSA) is 59.3 Å². The number of aliphatic carboxylic acids is 1. The Kier molecular flexibility index (Phi) is 4.22. The lowest BCUT2D eigenvalue weighted by Crippen LogP contribution is -2.09. The second kappa shape index (κ2) is 6.14. The number of carboxylic acid groups (broad SMARTS) is 1. The highest BCUT2D eigenvalue weighted by Gasteiger charge is 2.34. The molecule has 1 N–H and O–H groups in total. The first kappa shape index (κ1) is 15.1. The van der Waals surface area contributed by atoms with Crippen LogP contribution >= 0.6 is 23.1 Å². The summed E-state index contributed by atoms with van der Waals surface area (Å²) >= 11 is 2.93. The van der Waals surface area contributed by atoms with Crippen LogP contribution in [0, 0.1) is 0 Å². The molecule has 0 spiro atoms. The fraction of sp³-hybridized carbons (Fsp3) is 0.250. The van der Waals surface area contributed by atoms with Gasteiger partial charge in [0.05, 0.1) is 10.8 Å². The summed E-state index contributed by atoms with van der Waals surface area (Å²) in [6.07, 6.45) is 2.32. The van der Waals surface area contributed by atoms with E-state index >= 15 is 0 Å². The van der Waals surface area contributed by atoms with E-state index in [9.17, 15) is 14.7 Å². The van der Waals surface area contributed by atoms with Crippen LogP contribution in [-0.2, 0) is 11.3 Å². The van der Waals surface area contributed by atoms with Crippen molar-refractivity contribution in [3.8, 4) is 0 Å². The van der Waals surface area contributed by atoms with Crippen molar-refractivity contribution in [1.29, 1.82) is 0 Å². The summed E-state index contributed by atoms with van der Waals surface area (Å²) in [7, 11) is 0. The molecule has 0 saturated heterocycles. The van der Waals surface area contributed by atoms with Crippen LogP contribution in [0.25, 0.3) is 0 Å². The Bertz CT molecular complexity index is 731. The largest absolute Gasteiger partial charge is 0.481 e. The number of hydrogen-bond acceptors (Lipinski definition) is 4. The molecule has 0 fully saturated rings. The molecule has 0 saturated carbocycles. The Morgan fingerprint density at radius 2 is 2.36 bits per heavy atom. The lowest BCUT2D eigenvalue weighted by molar-refractivity contribution is -0.138. The van der Waals surface area contributed by atoms with Gasteiger partial charge in [0.15, 0.2) is 0 Å². The van der Waals surface area contributed by atoms with Gasteiger partial charge in [0, 0.05) is 22.9 Å². The third-order valence-corrected chi connectivity index (χ3v) is 5.60. The van der Waals surface area contributed by atoms with Gasteiger partial charge in [0.2, 0.25) is 5.78 Å². The number of carbonyl (C=O) groups is 2. The number of nitrogens with zero attached hydrogens (tertiary/aromatic N) is 1. The minimum atomic E-state index is -0.827. The number of rotatable bonds is 6. The van der Waals surface area contributed by atoms with Crippen LogP contribution in [0.5, 0.6) is 0 Å². The first-order valence-electron chi connectivity index (χ1n) is 6.91. The normalized spacial score (nSPS) is 16.5. The van der Waals surface area contributed by atoms with Gasteiger partial charge in [-0.25, -0.2) is 0 Å². The van der Waals surface area contributed by atoms with Crippen molar-refractivity contribution < 1.29 is 14.7 Å². The van der Waals surface area contributed by atoms with Crippen LogP contribution in [0.1, 0.15) is 33.4 Å². The molecule has 1 atom stereocenters. The summed E-state index contributed by atoms with van der Waals surface area (Å²) in [5.41, 5.74) is 1.35. The van der Waals surface area contributed by atoms with Crippen molar-refractivity contribution in [1.82, 2.24) is 4.57 Å². The number of ketones is 1. The fourth-order valence-electron chi connectivity index (χ4n) is 2.75. The maximum Gasteiger partial charge on any atom is 0.312 e. The van der Waals surface area contributed by atoms with E-state index in [0.717, 1.165) is 10.6 Å². The van der Waals surface area contributed by atoms with E-state index in [-0.39, 0.29) is 5.78 Å². The Morgan fingerprint density at radius 3 is 3.00 bits per heavy atom. The van der Waals surface area contributed by atoms with Gasteiger partial charge in [-0.2, -0.15) is 0 Å². The highest BCUT2D eigenvalue weighted by molar-refractivity contribution is 7.99. The molecule has 3 rings (SSSR count). The van der Waals surface area contributed by atoms with Crippen molar-refractivity contribution in [2.45, 2.75) is 23.8 Å². The van der Waals surface area contributed by atoms with Crippen LogP contribution in [-0.4, -0.2) is 27.2 Å². The summed E-state index contributed by atoms with van der Waals surface area (Å²) in [5, 5.41) is 11.2. The maximum absolute atomic E-state index is 12.8. The summed E-state index contributed by atoms with van der Waals surface area (Å²) in [6.45, 7) is 4.28. The average Bonchev–Trinajstić information content (AvgIpc) is 3.19. The summed E-state index contributed by atoms with van der Waals surface area (Å²) < 4.78 is 1.88. The molecule has 6 heteroatoms. The molecule has 0 radical (unpaired) electrons. The molecule has 1 aliphatic rings. The molecule has 0 amide bonds. The third kappa shape index (κ3) is 2.53. The van der Waals surface area contributed by atoms with Crippen molar-refractivity contribution in [2.75, 3.05) is 5.75 Å². The molecule has 0 aromatic carbocycles. The van der Waals surface area contributed by atoms with Crippen molar-refractivity contribution in [3.63, 3.8) is 0 Å². The standard InChI is InChI=1S/C16H15NO3S2/c1-2-7-21-13-9-11-10(16(19)20)5-6-17(11)14(13)15(18)12-4-3-8-22-12/h2-4,8-10H,1,5-7H2,(H,19,20). The molecular formula is C16H15NO3S2. The molecule has 2 aromatic rings. The molecule has 114 valence electrons. The van der Waals surface area contributed by atoms with Gasteiger partial charge in [-0.1, -0.05) is 12.1 Å². The number of thioether (sulfide) groups is 1. The van der Waals surface area contributed by atoms with Crippen LogP contribution < -0.4 is 0 Å². The number of carboxylic acids is 1. The molecular weight excluding hydrogens is 318 g/mol.